The van der Waals surface area contributed by atoms with Crippen LogP contribution in [-0.2, 0) is 9.59 Å². The summed E-state index contributed by atoms with van der Waals surface area (Å²) >= 11 is 0. The summed E-state index contributed by atoms with van der Waals surface area (Å²) in [5.41, 5.74) is 1.78. The van der Waals surface area contributed by atoms with Crippen molar-refractivity contribution in [2.45, 2.75) is 13.3 Å². The van der Waals surface area contributed by atoms with Gasteiger partial charge in [-0.05, 0) is 31.2 Å². The maximum absolute atomic E-state index is 12.8. The molecule has 0 bridgehead atoms. The van der Waals surface area contributed by atoms with Gasteiger partial charge in [-0.3, -0.25) is 19.1 Å². The van der Waals surface area contributed by atoms with Crippen LogP contribution >= 0.6 is 0 Å². The predicted octanol–water partition coefficient (Wildman–Crippen LogP) is 2.42. The highest BCUT2D eigenvalue weighted by Crippen LogP contribution is 2.33. The number of rotatable bonds is 6. The molecule has 4 rings (SSSR count). The van der Waals surface area contributed by atoms with Gasteiger partial charge in [-0.1, -0.05) is 29.4 Å². The van der Waals surface area contributed by atoms with Crippen molar-refractivity contribution in [1.29, 1.82) is 0 Å². The van der Waals surface area contributed by atoms with Crippen molar-refractivity contribution in [2.24, 2.45) is 5.92 Å². The molecule has 1 aliphatic heterocycles. The molecule has 2 aromatic carbocycles. The van der Waals surface area contributed by atoms with E-state index in [2.05, 4.69) is 20.0 Å². The summed E-state index contributed by atoms with van der Waals surface area (Å²) in [6.45, 7) is 2.63. The number of anilines is 2. The molecule has 1 saturated heterocycles. The van der Waals surface area contributed by atoms with E-state index < -0.39 is 11.7 Å². The highest BCUT2D eigenvalue weighted by Gasteiger charge is 2.36. The normalized spacial score (nSPS) is 16.0. The zero-order valence-corrected chi connectivity index (χ0v) is 16.3. The molecule has 1 fully saturated rings. The molecule has 0 spiro atoms. The van der Waals surface area contributed by atoms with E-state index >= 15 is 0 Å². The van der Waals surface area contributed by atoms with Gasteiger partial charge >= 0.3 is 5.76 Å². The molecule has 2 amide bonds. The molecule has 1 aromatic heterocycles. The van der Waals surface area contributed by atoms with Crippen molar-refractivity contribution in [2.75, 3.05) is 23.4 Å². The van der Waals surface area contributed by atoms with Crippen LogP contribution in [0.1, 0.15) is 13.3 Å². The Labute approximate surface area is 171 Å². The molecular formula is C21H20N4O5. The third-order valence-corrected chi connectivity index (χ3v) is 4.80. The van der Waals surface area contributed by atoms with E-state index in [9.17, 15) is 14.4 Å². The standard InChI is InChI=1S/C21H20N4O5/c1-2-29-17-9-4-3-8-16(17)25-12-14(11-18(25)26)20(27)22-15-7-5-6-13(10-15)19-23-21(28)30-24-19/h3-10,14H,2,11-12H2,1H3,(H,22,27)(H,23,24,28). The molecule has 2 heterocycles. The number of carbonyl (C=O) groups excluding carboxylic acids is 2. The van der Waals surface area contributed by atoms with Gasteiger partial charge in [0.2, 0.25) is 11.8 Å². The van der Waals surface area contributed by atoms with Crippen molar-refractivity contribution in [1.82, 2.24) is 10.1 Å². The minimum absolute atomic E-state index is 0.114. The lowest BCUT2D eigenvalue weighted by molar-refractivity contribution is -0.122. The van der Waals surface area contributed by atoms with Crippen molar-refractivity contribution in [3.05, 3.63) is 59.1 Å². The molecule has 2 N–H and O–H groups in total. The lowest BCUT2D eigenvalue weighted by atomic mass is 10.1. The fourth-order valence-electron chi connectivity index (χ4n) is 3.42. The number of aromatic nitrogens is 2. The third-order valence-electron chi connectivity index (χ3n) is 4.80. The van der Waals surface area contributed by atoms with Crippen LogP contribution in [0.4, 0.5) is 11.4 Å². The predicted molar refractivity (Wildman–Crippen MR) is 109 cm³/mol. The third kappa shape index (κ3) is 3.95. The fourth-order valence-corrected chi connectivity index (χ4v) is 3.42. The number of H-pyrrole nitrogens is 1. The number of nitrogens with zero attached hydrogens (tertiary/aromatic N) is 2. The molecule has 3 aromatic rings. The number of hydrogen-bond donors (Lipinski definition) is 2. The first-order valence-electron chi connectivity index (χ1n) is 9.54. The summed E-state index contributed by atoms with van der Waals surface area (Å²) in [4.78, 5) is 40.6. The average molecular weight is 408 g/mol. The van der Waals surface area contributed by atoms with Crippen LogP contribution in [0.3, 0.4) is 0 Å². The molecule has 1 unspecified atom stereocenters. The Balaban J connectivity index is 1.48. The molecule has 1 atom stereocenters. The van der Waals surface area contributed by atoms with E-state index in [0.717, 1.165) is 0 Å². The molecule has 1 aliphatic rings. The molecule has 0 aliphatic carbocycles. The largest absolute Gasteiger partial charge is 0.492 e. The molecule has 0 radical (unpaired) electrons. The zero-order chi connectivity index (χ0) is 21.1. The van der Waals surface area contributed by atoms with E-state index in [1.807, 2.05) is 25.1 Å². The second-order valence-corrected chi connectivity index (χ2v) is 6.82. The summed E-state index contributed by atoms with van der Waals surface area (Å²) in [5.74, 6) is -0.657. The highest BCUT2D eigenvalue weighted by atomic mass is 16.5. The molecule has 9 heteroatoms. The van der Waals surface area contributed by atoms with Crippen LogP contribution in [0.15, 0.2) is 57.8 Å². The molecule has 154 valence electrons. The topological polar surface area (TPSA) is 118 Å². The van der Waals surface area contributed by atoms with Gasteiger partial charge in [0, 0.05) is 24.2 Å². The summed E-state index contributed by atoms with van der Waals surface area (Å²) in [5, 5.41) is 6.48. The molecule has 0 saturated carbocycles. The summed E-state index contributed by atoms with van der Waals surface area (Å²) < 4.78 is 10.1. The number of aromatic amines is 1. The summed E-state index contributed by atoms with van der Waals surface area (Å²) in [6.07, 6.45) is 0.114. The average Bonchev–Trinajstić information content (AvgIpc) is 3.35. The van der Waals surface area contributed by atoms with Gasteiger partial charge in [-0.15, -0.1) is 0 Å². The minimum atomic E-state index is -0.656. The maximum atomic E-state index is 12.8. The lowest BCUT2D eigenvalue weighted by Gasteiger charge is -2.20. The van der Waals surface area contributed by atoms with Crippen LogP contribution in [0, 0.1) is 5.92 Å². The van der Waals surface area contributed by atoms with Crippen LogP contribution in [-0.4, -0.2) is 35.1 Å². The Morgan fingerprint density at radius 3 is 2.87 bits per heavy atom. The Morgan fingerprint density at radius 1 is 1.27 bits per heavy atom. The Kier molecular flexibility index (Phi) is 5.34. The van der Waals surface area contributed by atoms with E-state index in [4.69, 9.17) is 4.74 Å². The second-order valence-electron chi connectivity index (χ2n) is 6.82. The number of nitrogens with one attached hydrogen (secondary N) is 2. The number of carbonyl (C=O) groups is 2. The van der Waals surface area contributed by atoms with Gasteiger partial charge in [0.1, 0.15) is 5.75 Å². The van der Waals surface area contributed by atoms with E-state index in [-0.39, 0.29) is 30.6 Å². The lowest BCUT2D eigenvalue weighted by Crippen LogP contribution is -2.28. The summed E-state index contributed by atoms with van der Waals surface area (Å²) in [6, 6.07) is 14.1. The first-order valence-corrected chi connectivity index (χ1v) is 9.54. The quantitative estimate of drug-likeness (QED) is 0.647. The number of benzene rings is 2. The number of ether oxygens (including phenoxy) is 1. The highest BCUT2D eigenvalue weighted by molar-refractivity contribution is 6.04. The first kappa shape index (κ1) is 19.4. The van der Waals surface area contributed by atoms with Crippen LogP contribution in [0.25, 0.3) is 11.4 Å². The van der Waals surface area contributed by atoms with Crippen LogP contribution in [0.5, 0.6) is 5.75 Å². The number of hydrogen-bond acceptors (Lipinski definition) is 6. The number of amides is 2. The van der Waals surface area contributed by atoms with Crippen molar-refractivity contribution in [3.8, 4) is 17.1 Å². The van der Waals surface area contributed by atoms with Gasteiger partial charge in [0.05, 0.1) is 18.2 Å². The Morgan fingerprint density at radius 2 is 2.10 bits per heavy atom. The Bertz CT molecular complexity index is 1140. The monoisotopic (exact) mass is 408 g/mol. The van der Waals surface area contributed by atoms with E-state index in [0.29, 0.717) is 29.3 Å². The SMILES string of the molecule is CCOc1ccccc1N1CC(C(=O)Nc2cccc(-c3noc(=O)[nH]3)c2)CC1=O. The number of para-hydroxylation sites is 2. The second kappa shape index (κ2) is 8.24. The van der Waals surface area contributed by atoms with Crippen LogP contribution < -0.4 is 20.7 Å². The van der Waals surface area contributed by atoms with E-state index in [1.54, 1.807) is 35.2 Å². The minimum Gasteiger partial charge on any atom is -0.492 e. The van der Waals surface area contributed by atoms with Gasteiger partial charge in [-0.25, -0.2) is 4.79 Å². The van der Waals surface area contributed by atoms with Crippen molar-refractivity contribution in [3.63, 3.8) is 0 Å². The van der Waals surface area contributed by atoms with Gasteiger partial charge in [-0.2, -0.15) is 0 Å². The first-order chi connectivity index (χ1) is 14.5. The van der Waals surface area contributed by atoms with E-state index in [1.165, 1.54) is 0 Å². The van der Waals surface area contributed by atoms with Crippen LogP contribution in [0.2, 0.25) is 0 Å². The van der Waals surface area contributed by atoms with Gasteiger partial charge in [0.25, 0.3) is 0 Å². The maximum Gasteiger partial charge on any atom is 0.439 e. The molecule has 30 heavy (non-hydrogen) atoms. The van der Waals surface area contributed by atoms with Crippen molar-refractivity contribution < 1.29 is 18.8 Å². The molecular weight excluding hydrogens is 388 g/mol. The zero-order valence-electron chi connectivity index (χ0n) is 16.3. The Hall–Kier alpha value is -3.88. The van der Waals surface area contributed by atoms with Crippen molar-refractivity contribution >= 4 is 23.2 Å². The molecule has 9 nitrogen and oxygen atoms in total. The summed E-state index contributed by atoms with van der Waals surface area (Å²) in [7, 11) is 0. The van der Waals surface area contributed by atoms with Gasteiger partial charge in [0.15, 0.2) is 5.82 Å². The van der Waals surface area contributed by atoms with Gasteiger partial charge < -0.3 is 15.0 Å². The smallest absolute Gasteiger partial charge is 0.439 e. The fraction of sp³-hybridized carbons (Fsp3) is 0.238.